The van der Waals surface area contributed by atoms with Crippen LogP contribution in [0.1, 0.15) is 49.6 Å². The molecule has 0 spiro atoms. The fraction of sp³-hybridized carbons (Fsp3) is 0.476. The van der Waals surface area contributed by atoms with Crippen molar-refractivity contribution in [2.24, 2.45) is 11.1 Å². The first-order valence-corrected chi connectivity index (χ1v) is 10.2. The minimum atomic E-state index is -0.537. The molecule has 156 valence electrons. The highest BCUT2D eigenvalue weighted by Gasteiger charge is 2.40. The number of primary amides is 1. The highest BCUT2D eigenvalue weighted by molar-refractivity contribution is 6.30. The van der Waals surface area contributed by atoms with Crippen molar-refractivity contribution in [2.75, 3.05) is 19.7 Å². The van der Waals surface area contributed by atoms with Crippen molar-refractivity contribution >= 4 is 23.4 Å². The zero-order valence-electron chi connectivity index (χ0n) is 16.8. The van der Waals surface area contributed by atoms with Gasteiger partial charge >= 0.3 is 0 Å². The smallest absolute Gasteiger partial charge is 0.272 e. The normalized spacial score (nSPS) is 19.4. The van der Waals surface area contributed by atoms with Crippen LogP contribution >= 0.6 is 11.6 Å². The van der Waals surface area contributed by atoms with Crippen LogP contribution in [0.4, 0.5) is 0 Å². The number of rotatable bonds is 7. The predicted molar refractivity (Wildman–Crippen MR) is 111 cm³/mol. The van der Waals surface area contributed by atoms with Gasteiger partial charge in [-0.1, -0.05) is 17.7 Å². The summed E-state index contributed by atoms with van der Waals surface area (Å²) in [6.07, 6.45) is 3.31. The number of amides is 2. The number of ether oxygens (including phenoxy) is 1. The minimum Gasteiger partial charge on any atom is -0.493 e. The number of carbonyl (C=O) groups excluding carboxylic acids is 2. The topological polar surface area (TPSA) is 90.4 Å². The van der Waals surface area contributed by atoms with Gasteiger partial charge in [-0.2, -0.15) is 5.10 Å². The first kappa shape index (κ1) is 21.2. The molecule has 1 fully saturated rings. The zero-order valence-corrected chi connectivity index (χ0v) is 17.6. The van der Waals surface area contributed by atoms with Gasteiger partial charge in [-0.15, -0.1) is 0 Å². The standard InChI is InChI=1S/C21H27ClN4O3/c1-15(2)26-18(7-9-24-26)20(28)25-10-4-8-21(13-25,12-19(23)27)14-29-17-6-3-5-16(22)11-17/h3,5-7,9,11,15H,4,8,10,12-14H2,1-2H3,(H2,23,27). The molecule has 1 unspecified atom stereocenters. The van der Waals surface area contributed by atoms with E-state index >= 15 is 0 Å². The van der Waals surface area contributed by atoms with Crippen LogP contribution in [0.15, 0.2) is 36.5 Å². The summed E-state index contributed by atoms with van der Waals surface area (Å²) in [5, 5.41) is 4.84. The first-order valence-electron chi connectivity index (χ1n) is 9.79. The second kappa shape index (κ2) is 8.86. The van der Waals surface area contributed by atoms with Crippen LogP contribution in [-0.4, -0.2) is 46.2 Å². The van der Waals surface area contributed by atoms with Gasteiger partial charge in [0.25, 0.3) is 5.91 Å². The van der Waals surface area contributed by atoms with Gasteiger partial charge in [0.15, 0.2) is 0 Å². The number of nitrogens with zero attached hydrogens (tertiary/aromatic N) is 3. The molecule has 7 nitrogen and oxygen atoms in total. The van der Waals surface area contributed by atoms with Crippen molar-refractivity contribution in [2.45, 2.75) is 39.2 Å². The van der Waals surface area contributed by atoms with Gasteiger partial charge in [0.05, 0.1) is 6.61 Å². The van der Waals surface area contributed by atoms with E-state index in [-0.39, 0.29) is 25.0 Å². The third-order valence-corrected chi connectivity index (χ3v) is 5.45. The van der Waals surface area contributed by atoms with Crippen LogP contribution in [0.25, 0.3) is 0 Å². The summed E-state index contributed by atoms with van der Waals surface area (Å²) in [4.78, 5) is 26.8. The van der Waals surface area contributed by atoms with Crippen LogP contribution < -0.4 is 10.5 Å². The molecule has 1 atom stereocenters. The quantitative estimate of drug-likeness (QED) is 0.746. The van der Waals surface area contributed by atoms with Gasteiger partial charge in [-0.25, -0.2) is 0 Å². The van der Waals surface area contributed by atoms with E-state index < -0.39 is 11.3 Å². The molecule has 0 bridgehead atoms. The Bertz CT molecular complexity index is 882. The first-order chi connectivity index (χ1) is 13.8. The Hall–Kier alpha value is -2.54. The lowest BCUT2D eigenvalue weighted by Gasteiger charge is -2.42. The predicted octanol–water partition coefficient (Wildman–Crippen LogP) is 3.29. The minimum absolute atomic E-state index is 0.0790. The average Bonchev–Trinajstić information content (AvgIpc) is 3.16. The largest absolute Gasteiger partial charge is 0.493 e. The zero-order chi connectivity index (χ0) is 21.0. The van der Waals surface area contributed by atoms with Crippen molar-refractivity contribution in [3.05, 3.63) is 47.2 Å². The lowest BCUT2D eigenvalue weighted by atomic mass is 9.77. The van der Waals surface area contributed by atoms with Gasteiger partial charge in [0, 0.05) is 42.2 Å². The fourth-order valence-electron chi connectivity index (χ4n) is 3.91. The maximum absolute atomic E-state index is 13.2. The van der Waals surface area contributed by atoms with E-state index in [1.54, 1.807) is 34.0 Å². The van der Waals surface area contributed by atoms with E-state index in [4.69, 9.17) is 22.1 Å². The molecule has 1 aliphatic rings. The lowest BCUT2D eigenvalue weighted by molar-refractivity contribution is -0.122. The molecule has 2 heterocycles. The Morgan fingerprint density at radius 3 is 2.83 bits per heavy atom. The molecule has 1 saturated heterocycles. The molecule has 3 rings (SSSR count). The summed E-state index contributed by atoms with van der Waals surface area (Å²) in [7, 11) is 0. The van der Waals surface area contributed by atoms with Crippen molar-refractivity contribution in [1.29, 1.82) is 0 Å². The molecular formula is C21H27ClN4O3. The molecule has 2 aromatic rings. The van der Waals surface area contributed by atoms with E-state index in [0.717, 1.165) is 12.8 Å². The molecular weight excluding hydrogens is 392 g/mol. The van der Waals surface area contributed by atoms with Crippen LogP contribution in [0.2, 0.25) is 5.02 Å². The summed E-state index contributed by atoms with van der Waals surface area (Å²) in [5.74, 6) is 0.136. The van der Waals surface area contributed by atoms with Gasteiger partial charge in [0.2, 0.25) is 5.91 Å². The van der Waals surface area contributed by atoms with Gasteiger partial charge in [-0.05, 0) is 51.0 Å². The van der Waals surface area contributed by atoms with Crippen LogP contribution in [0.5, 0.6) is 5.75 Å². The van der Waals surface area contributed by atoms with Crippen molar-refractivity contribution in [1.82, 2.24) is 14.7 Å². The number of likely N-dealkylation sites (tertiary alicyclic amines) is 1. The third-order valence-electron chi connectivity index (χ3n) is 5.22. The summed E-state index contributed by atoms with van der Waals surface area (Å²) in [6.45, 7) is 5.27. The molecule has 0 radical (unpaired) electrons. The van der Waals surface area contributed by atoms with E-state index in [0.29, 0.717) is 29.6 Å². The Morgan fingerprint density at radius 1 is 1.34 bits per heavy atom. The number of aromatic nitrogens is 2. The second-order valence-corrected chi connectivity index (χ2v) is 8.41. The molecule has 2 N–H and O–H groups in total. The van der Waals surface area contributed by atoms with Gasteiger partial charge < -0.3 is 15.4 Å². The third kappa shape index (κ3) is 5.09. The molecule has 8 heteroatoms. The Kier molecular flexibility index (Phi) is 6.47. The molecule has 0 aliphatic carbocycles. The molecule has 1 aromatic heterocycles. The van der Waals surface area contributed by atoms with E-state index in [1.807, 2.05) is 26.0 Å². The average molecular weight is 419 g/mol. The number of carbonyl (C=O) groups is 2. The number of benzene rings is 1. The highest BCUT2D eigenvalue weighted by Crippen LogP contribution is 2.35. The molecule has 2 amide bonds. The summed E-state index contributed by atoms with van der Waals surface area (Å²) in [6, 6.07) is 8.93. The van der Waals surface area contributed by atoms with Gasteiger partial charge in [-0.3, -0.25) is 14.3 Å². The maximum atomic E-state index is 13.2. The maximum Gasteiger partial charge on any atom is 0.272 e. The van der Waals surface area contributed by atoms with E-state index in [1.165, 1.54) is 0 Å². The fourth-order valence-corrected chi connectivity index (χ4v) is 4.09. The summed E-state index contributed by atoms with van der Waals surface area (Å²) >= 11 is 6.03. The van der Waals surface area contributed by atoms with Crippen molar-refractivity contribution in [3.8, 4) is 5.75 Å². The number of hydrogen-bond acceptors (Lipinski definition) is 4. The molecule has 0 saturated carbocycles. The summed E-state index contributed by atoms with van der Waals surface area (Å²) in [5.41, 5.74) is 5.56. The van der Waals surface area contributed by atoms with Crippen LogP contribution in [0.3, 0.4) is 0 Å². The lowest BCUT2D eigenvalue weighted by Crippen LogP contribution is -2.50. The summed E-state index contributed by atoms with van der Waals surface area (Å²) < 4.78 is 7.68. The van der Waals surface area contributed by atoms with Crippen molar-refractivity contribution < 1.29 is 14.3 Å². The second-order valence-electron chi connectivity index (χ2n) is 7.97. The molecule has 1 aromatic carbocycles. The molecule has 29 heavy (non-hydrogen) atoms. The Balaban J connectivity index is 1.79. The number of nitrogens with two attached hydrogens (primary N) is 1. The monoisotopic (exact) mass is 418 g/mol. The Morgan fingerprint density at radius 2 is 2.14 bits per heavy atom. The number of piperidine rings is 1. The van der Waals surface area contributed by atoms with Crippen LogP contribution in [0, 0.1) is 5.41 Å². The SMILES string of the molecule is CC(C)n1nccc1C(=O)N1CCCC(COc2cccc(Cl)c2)(CC(N)=O)C1. The van der Waals surface area contributed by atoms with Crippen molar-refractivity contribution in [3.63, 3.8) is 0 Å². The van der Waals surface area contributed by atoms with E-state index in [9.17, 15) is 9.59 Å². The van der Waals surface area contributed by atoms with Gasteiger partial charge in [0.1, 0.15) is 11.4 Å². The van der Waals surface area contributed by atoms with E-state index in [2.05, 4.69) is 5.10 Å². The Labute approximate surface area is 175 Å². The number of halogens is 1. The highest BCUT2D eigenvalue weighted by atomic mass is 35.5. The number of hydrogen-bond donors (Lipinski definition) is 1. The van der Waals surface area contributed by atoms with Crippen LogP contribution in [-0.2, 0) is 4.79 Å². The molecule has 1 aliphatic heterocycles.